The first kappa shape index (κ1) is 26.3. The molecule has 1 heterocycles. The van der Waals surface area contributed by atoms with Gasteiger partial charge < -0.3 is 10.1 Å². The summed E-state index contributed by atoms with van der Waals surface area (Å²) in [6.45, 7) is 1.78. The Bertz CT molecular complexity index is 1250. The van der Waals surface area contributed by atoms with Crippen molar-refractivity contribution in [1.82, 2.24) is 20.1 Å². The molecule has 0 radical (unpaired) electrons. The second-order valence-corrected chi connectivity index (χ2v) is 8.60. The number of alkyl halides is 3. The van der Waals surface area contributed by atoms with Crippen molar-refractivity contribution in [2.75, 3.05) is 13.7 Å². The average molecular weight is 530 g/mol. The van der Waals surface area contributed by atoms with Crippen LogP contribution >= 0.6 is 23.4 Å². The van der Waals surface area contributed by atoms with Crippen molar-refractivity contribution in [3.63, 3.8) is 0 Å². The van der Waals surface area contributed by atoms with E-state index in [0.717, 1.165) is 23.9 Å². The molecule has 0 unspecified atom stereocenters. The zero-order valence-electron chi connectivity index (χ0n) is 18.4. The number of ether oxygens (including phenoxy) is 1. The summed E-state index contributed by atoms with van der Waals surface area (Å²) < 4.78 is 46.0. The highest BCUT2D eigenvalue weighted by Crippen LogP contribution is 2.40. The molecule has 0 aliphatic heterocycles. The van der Waals surface area contributed by atoms with Gasteiger partial charge in [-0.15, -0.1) is 10.2 Å². The number of benzene rings is 2. The summed E-state index contributed by atoms with van der Waals surface area (Å²) in [4.78, 5) is 21.7. The molecule has 1 aromatic heterocycles. The lowest BCUT2D eigenvalue weighted by atomic mass is 10.2. The minimum Gasteiger partial charge on any atom is -0.495 e. The van der Waals surface area contributed by atoms with Crippen molar-refractivity contribution in [2.24, 2.45) is 0 Å². The third-order valence-corrected chi connectivity index (χ3v) is 6.04. The number of rotatable bonds is 9. The molecule has 0 bridgehead atoms. The van der Waals surface area contributed by atoms with Gasteiger partial charge in [-0.1, -0.05) is 11.6 Å². The van der Waals surface area contributed by atoms with E-state index < -0.39 is 22.4 Å². The molecule has 1 amide bonds. The van der Waals surface area contributed by atoms with Crippen LogP contribution in [-0.4, -0.2) is 39.2 Å². The van der Waals surface area contributed by atoms with E-state index in [0.29, 0.717) is 47.7 Å². The van der Waals surface area contributed by atoms with E-state index in [4.69, 9.17) is 16.3 Å². The normalized spacial score (nSPS) is 11.4. The Hall–Kier alpha value is -3.32. The first-order valence-electron chi connectivity index (χ1n) is 10.1. The van der Waals surface area contributed by atoms with E-state index in [2.05, 4.69) is 15.5 Å². The number of nitrogens with one attached hydrogen (secondary N) is 1. The zero-order chi connectivity index (χ0) is 25.8. The van der Waals surface area contributed by atoms with Crippen LogP contribution in [0.4, 0.5) is 18.9 Å². The number of carbonyl (C=O) groups excluding carboxylic acids is 1. The van der Waals surface area contributed by atoms with Crippen LogP contribution in [0.25, 0.3) is 5.69 Å². The molecule has 9 nitrogen and oxygen atoms in total. The fraction of sp³-hybridized carbons (Fsp3) is 0.286. The maximum atomic E-state index is 13.1. The highest BCUT2D eigenvalue weighted by atomic mass is 35.5. The maximum absolute atomic E-state index is 13.1. The Morgan fingerprint density at radius 2 is 2.00 bits per heavy atom. The standard InChI is InChI=1S/C21H19ClF3N5O4S/c1-12(31)26-9-3-4-19-27-28-20(29(19)14-6-7-17(34-2)15(22)11-14)35-18-8-5-13(21(23,24)25)10-16(18)30(32)33/h5-8,10-11H,3-4,9H2,1-2H3,(H,26,31). The fourth-order valence-electron chi connectivity index (χ4n) is 3.11. The molecule has 0 spiro atoms. The van der Waals surface area contributed by atoms with E-state index in [1.54, 1.807) is 22.8 Å². The van der Waals surface area contributed by atoms with E-state index in [1.165, 1.54) is 14.0 Å². The second kappa shape index (κ2) is 11.0. The van der Waals surface area contributed by atoms with E-state index in [9.17, 15) is 28.1 Å². The van der Waals surface area contributed by atoms with Crippen molar-refractivity contribution in [2.45, 2.75) is 36.0 Å². The van der Waals surface area contributed by atoms with Crippen molar-refractivity contribution in [3.05, 3.63) is 62.9 Å². The molecule has 0 fully saturated rings. The second-order valence-electron chi connectivity index (χ2n) is 7.18. The van der Waals surface area contributed by atoms with Gasteiger partial charge in [-0.2, -0.15) is 13.2 Å². The van der Waals surface area contributed by atoms with Gasteiger partial charge in [0, 0.05) is 26.0 Å². The molecule has 1 N–H and O–H groups in total. The van der Waals surface area contributed by atoms with Crippen LogP contribution < -0.4 is 10.1 Å². The predicted octanol–water partition coefficient (Wildman–Crippen LogP) is 5.08. The SMILES string of the molecule is COc1ccc(-n2c(CCCNC(C)=O)nnc2Sc2ccc(C(F)(F)F)cc2[N+](=O)[O-])cc1Cl. The van der Waals surface area contributed by atoms with Crippen molar-refractivity contribution in [1.29, 1.82) is 0 Å². The molecule has 0 saturated heterocycles. The Kier molecular flexibility index (Phi) is 8.22. The van der Waals surface area contributed by atoms with E-state index in [1.807, 2.05) is 0 Å². The molecule has 0 aliphatic rings. The first-order valence-corrected chi connectivity index (χ1v) is 11.3. The number of carbonyl (C=O) groups is 1. The van der Waals surface area contributed by atoms with Gasteiger partial charge in [0.15, 0.2) is 0 Å². The summed E-state index contributed by atoms with van der Waals surface area (Å²) in [5.74, 6) is 0.705. The summed E-state index contributed by atoms with van der Waals surface area (Å²) in [5, 5.41) is 22.9. The molecule has 3 rings (SSSR count). The highest BCUT2D eigenvalue weighted by molar-refractivity contribution is 7.99. The van der Waals surface area contributed by atoms with Crippen LogP contribution in [0.15, 0.2) is 46.5 Å². The molecule has 0 saturated carbocycles. The monoisotopic (exact) mass is 529 g/mol. The number of nitro benzene ring substituents is 1. The lowest BCUT2D eigenvalue weighted by molar-refractivity contribution is -0.388. The number of halogens is 4. The first-order chi connectivity index (χ1) is 16.5. The number of aromatic nitrogens is 3. The van der Waals surface area contributed by atoms with Crippen LogP contribution in [0.3, 0.4) is 0 Å². The third-order valence-electron chi connectivity index (χ3n) is 4.73. The number of amides is 1. The molecule has 0 atom stereocenters. The van der Waals surface area contributed by atoms with Gasteiger partial charge in [0.05, 0.1) is 33.2 Å². The summed E-state index contributed by atoms with van der Waals surface area (Å²) in [5.41, 5.74) is -1.32. The Labute approximate surface area is 206 Å². The largest absolute Gasteiger partial charge is 0.495 e. The molecule has 35 heavy (non-hydrogen) atoms. The van der Waals surface area contributed by atoms with Gasteiger partial charge in [-0.25, -0.2) is 0 Å². The number of methoxy groups -OCH3 is 1. The summed E-state index contributed by atoms with van der Waals surface area (Å²) in [6, 6.07) is 7.18. The predicted molar refractivity (Wildman–Crippen MR) is 122 cm³/mol. The van der Waals surface area contributed by atoms with Crippen molar-refractivity contribution in [3.8, 4) is 11.4 Å². The molecular formula is C21H19ClF3N5O4S. The van der Waals surface area contributed by atoms with Gasteiger partial charge in [0.25, 0.3) is 5.69 Å². The number of nitro groups is 1. The smallest absolute Gasteiger partial charge is 0.416 e. The third kappa shape index (κ3) is 6.42. The molecule has 14 heteroatoms. The van der Waals surface area contributed by atoms with Gasteiger partial charge in [-0.05, 0) is 48.5 Å². The topological polar surface area (TPSA) is 112 Å². The summed E-state index contributed by atoms with van der Waals surface area (Å²) in [7, 11) is 1.46. The molecule has 3 aromatic rings. The minimum atomic E-state index is -4.73. The van der Waals surface area contributed by atoms with Crippen LogP contribution in [0.5, 0.6) is 5.75 Å². The molecule has 186 valence electrons. The number of hydrogen-bond acceptors (Lipinski definition) is 7. The fourth-order valence-corrected chi connectivity index (χ4v) is 4.32. The lowest BCUT2D eigenvalue weighted by Crippen LogP contribution is -2.21. The van der Waals surface area contributed by atoms with Crippen LogP contribution in [-0.2, 0) is 17.4 Å². The molecule has 0 aliphatic carbocycles. The van der Waals surface area contributed by atoms with Crippen LogP contribution in [0, 0.1) is 10.1 Å². The summed E-state index contributed by atoms with van der Waals surface area (Å²) >= 11 is 7.07. The number of hydrogen-bond donors (Lipinski definition) is 1. The highest BCUT2D eigenvalue weighted by Gasteiger charge is 2.33. The lowest BCUT2D eigenvalue weighted by Gasteiger charge is -2.13. The number of nitrogens with zero attached hydrogens (tertiary/aromatic N) is 4. The quantitative estimate of drug-likeness (QED) is 0.234. The Morgan fingerprint density at radius 3 is 2.60 bits per heavy atom. The van der Waals surface area contributed by atoms with E-state index >= 15 is 0 Å². The van der Waals surface area contributed by atoms with E-state index in [-0.39, 0.29) is 16.0 Å². The van der Waals surface area contributed by atoms with Crippen LogP contribution in [0.1, 0.15) is 24.7 Å². The maximum Gasteiger partial charge on any atom is 0.416 e. The molecule has 2 aromatic carbocycles. The minimum absolute atomic E-state index is 0.0407. The molecular weight excluding hydrogens is 511 g/mol. The van der Waals surface area contributed by atoms with Gasteiger partial charge in [0.2, 0.25) is 11.1 Å². The zero-order valence-corrected chi connectivity index (χ0v) is 20.0. The number of aryl methyl sites for hydroxylation is 1. The van der Waals surface area contributed by atoms with Crippen molar-refractivity contribution < 1.29 is 27.6 Å². The van der Waals surface area contributed by atoms with Crippen LogP contribution in [0.2, 0.25) is 5.02 Å². The van der Waals surface area contributed by atoms with Gasteiger partial charge in [-0.3, -0.25) is 19.5 Å². The van der Waals surface area contributed by atoms with Gasteiger partial charge >= 0.3 is 6.18 Å². The Balaban J connectivity index is 2.03. The van der Waals surface area contributed by atoms with Gasteiger partial charge in [0.1, 0.15) is 11.6 Å². The summed E-state index contributed by atoms with van der Waals surface area (Å²) in [6.07, 6.45) is -3.83. The average Bonchev–Trinajstić information content (AvgIpc) is 3.18. The van der Waals surface area contributed by atoms with Crippen molar-refractivity contribution >= 4 is 35.0 Å². The Morgan fingerprint density at radius 1 is 1.26 bits per heavy atom.